The number of aliphatic hydroxyl groups is 3. The van der Waals surface area contributed by atoms with Gasteiger partial charge in [-0.25, -0.2) is 4.79 Å². The van der Waals surface area contributed by atoms with Crippen molar-refractivity contribution < 1.29 is 34.4 Å². The van der Waals surface area contributed by atoms with Crippen LogP contribution in [0.1, 0.15) is 246 Å². The van der Waals surface area contributed by atoms with Crippen LogP contribution in [-0.4, -0.2) is 57.8 Å². The standard InChI is InChI=1S/C82H102O7/c1-52(18-16-21-54-19-6-4-7-20-54)44-58-30-29-56-22-10-11-26-61(56)75(86)89-67-45-53(2)81(87,41-33-55-46-69(84)88-49-55)82(74(58)85)68(83)35-39-76(3,73(67)82)60-34-40-80-51-78(43-42-77(50-78)36-14-15-37-77)66-48-79(59-24-8-5-9-25-59)38-13-12-28-64(79)63-32-31-57-23-17-27-62(65(80)47-60)70(57)71(63)72(66)80/h4-9,17,19-20,23-25,27,31-32,46,52-53,56,58,60-61,64-68,72-74,83,85,87H,10-16,18,21-22,26,28,33-45,47-51H2,1-3H3. The number of esters is 2. The Morgan fingerprint density at radius 2 is 1.52 bits per heavy atom. The van der Waals surface area contributed by atoms with Crippen LogP contribution in [0.5, 0.6) is 0 Å². The Kier molecular flexibility index (Phi) is 14.8. The fourth-order valence-corrected chi connectivity index (χ4v) is 25.8. The normalized spacial score (nSPS) is 42.6. The first kappa shape index (κ1) is 59.3. The van der Waals surface area contributed by atoms with Crippen molar-refractivity contribution >= 4 is 22.7 Å². The summed E-state index contributed by atoms with van der Waals surface area (Å²) in [5.74, 6) is 7.07. The van der Waals surface area contributed by atoms with Crippen molar-refractivity contribution in [1.29, 1.82) is 0 Å². The molecule has 0 amide bonds. The van der Waals surface area contributed by atoms with Gasteiger partial charge in [-0.05, 0) is 249 Å². The fourth-order valence-electron chi connectivity index (χ4n) is 25.8. The maximum Gasteiger partial charge on any atom is 0.331 e. The van der Waals surface area contributed by atoms with E-state index >= 15 is 4.79 Å². The first-order chi connectivity index (χ1) is 43.1. The molecule has 3 N–H and O–H groups in total. The molecule has 2 heterocycles. The second-order valence-electron chi connectivity index (χ2n) is 33.3. The van der Waals surface area contributed by atoms with Gasteiger partial charge in [0.15, 0.2) is 0 Å². The van der Waals surface area contributed by atoms with E-state index in [1.807, 2.05) is 0 Å². The Balaban J connectivity index is 0.850. The van der Waals surface area contributed by atoms with Crippen LogP contribution < -0.4 is 0 Å². The molecule has 7 heteroatoms. The fraction of sp³-hybridized carbons (Fsp3) is 0.659. The van der Waals surface area contributed by atoms with Gasteiger partial charge in [0.2, 0.25) is 0 Å². The second-order valence-corrected chi connectivity index (χ2v) is 33.3. The average Bonchev–Trinajstić information content (AvgIpc) is 1.63. The van der Waals surface area contributed by atoms with E-state index in [0.29, 0.717) is 61.2 Å². The summed E-state index contributed by atoms with van der Waals surface area (Å²) in [4.78, 5) is 28.3. The van der Waals surface area contributed by atoms with E-state index in [9.17, 15) is 20.1 Å². The third kappa shape index (κ3) is 8.99. The van der Waals surface area contributed by atoms with E-state index in [0.717, 1.165) is 69.8 Å². The molecule has 472 valence electrons. The Morgan fingerprint density at radius 3 is 2.33 bits per heavy atom. The van der Waals surface area contributed by atoms with Gasteiger partial charge in [0.25, 0.3) is 0 Å². The van der Waals surface area contributed by atoms with Crippen LogP contribution in [-0.2, 0) is 30.9 Å². The number of fused-ring (bicyclic) bond motifs is 5. The number of rotatable bonds is 11. The van der Waals surface area contributed by atoms with Crippen molar-refractivity contribution in [3.05, 3.63) is 130 Å². The van der Waals surface area contributed by atoms with Gasteiger partial charge in [-0.3, -0.25) is 4.79 Å². The number of cyclic esters (lactones) is 1. The minimum atomic E-state index is -1.62. The van der Waals surface area contributed by atoms with E-state index in [1.54, 1.807) is 33.7 Å². The number of carbonyl (C=O) groups excluding carboxylic acids is 2. The van der Waals surface area contributed by atoms with Crippen LogP contribution in [0.2, 0.25) is 0 Å². The predicted octanol–water partition coefficient (Wildman–Crippen LogP) is 17.1. The highest BCUT2D eigenvalue weighted by Gasteiger charge is 2.77. The van der Waals surface area contributed by atoms with Crippen LogP contribution in [0, 0.1) is 86.3 Å². The van der Waals surface area contributed by atoms with Crippen LogP contribution >= 0.6 is 0 Å². The predicted molar refractivity (Wildman–Crippen MR) is 350 cm³/mol. The molecule has 20 atom stereocenters. The maximum absolute atomic E-state index is 15.5. The van der Waals surface area contributed by atoms with Gasteiger partial charge in [0, 0.05) is 29.2 Å². The number of benzene rings is 4. The van der Waals surface area contributed by atoms with E-state index in [4.69, 9.17) is 9.47 Å². The molecular weight excluding hydrogens is 1100 g/mol. The Bertz CT molecular complexity index is 3460. The lowest BCUT2D eigenvalue weighted by atomic mass is 9.36. The van der Waals surface area contributed by atoms with Gasteiger partial charge in [-0.1, -0.05) is 169 Å². The van der Waals surface area contributed by atoms with Crippen molar-refractivity contribution in [3.8, 4) is 11.8 Å². The van der Waals surface area contributed by atoms with Gasteiger partial charge in [0.05, 0.1) is 29.1 Å². The summed E-state index contributed by atoms with van der Waals surface area (Å²) in [6.07, 6.45) is 28.5. The lowest BCUT2D eigenvalue weighted by Crippen LogP contribution is -2.77. The third-order valence-corrected chi connectivity index (χ3v) is 29.4. The zero-order valence-corrected chi connectivity index (χ0v) is 54.0. The van der Waals surface area contributed by atoms with Gasteiger partial charge >= 0.3 is 11.9 Å². The summed E-state index contributed by atoms with van der Waals surface area (Å²) in [5, 5.41) is 46.1. The lowest BCUT2D eigenvalue weighted by molar-refractivity contribution is -0.331. The Hall–Kier alpha value is -4.74. The molecule has 4 aromatic carbocycles. The number of aryl methyl sites for hydroxylation is 1. The first-order valence-electron chi connectivity index (χ1n) is 36.5. The molecule has 8 saturated carbocycles. The maximum atomic E-state index is 15.5. The SMILES string of the molecule is CC(CCCc1ccccc1)CC1C#CC2CCCCC2C(=O)OC2CC(C)C(O)(CCC3=CC(=O)OC3)C3(C(O)CCC(C)(C4CCC56CC7(CCC8(CCCC8)C7)C7CC8(c9ccccc9)CCCCC8c8ccc9cccc(c9c8C75)C6C4)C23)C1O. The minimum Gasteiger partial charge on any atom is -0.462 e. The number of carbonyl (C=O) groups is 2. The second kappa shape index (κ2) is 22.2. The van der Waals surface area contributed by atoms with Gasteiger partial charge in [-0.2, -0.15) is 0 Å². The molecule has 0 aromatic heterocycles. The highest BCUT2D eigenvalue weighted by Crippen LogP contribution is 2.83. The zero-order valence-electron chi connectivity index (χ0n) is 54.0. The summed E-state index contributed by atoms with van der Waals surface area (Å²) >= 11 is 0. The zero-order chi connectivity index (χ0) is 60.7. The minimum absolute atomic E-state index is 0.0729. The molecule has 4 aromatic rings. The average molecular weight is 1200 g/mol. The van der Waals surface area contributed by atoms with Gasteiger partial charge in [0.1, 0.15) is 12.7 Å². The van der Waals surface area contributed by atoms with Crippen molar-refractivity contribution in [1.82, 2.24) is 0 Å². The molecule has 0 saturated heterocycles. The number of aliphatic hydroxyl groups excluding tert-OH is 2. The summed E-state index contributed by atoms with van der Waals surface area (Å²) in [5.41, 5.74) is 5.95. The molecule has 0 radical (unpaired) electrons. The Morgan fingerprint density at radius 1 is 0.730 bits per heavy atom. The highest BCUT2D eigenvalue weighted by atomic mass is 16.5. The number of hydrogen-bond donors (Lipinski definition) is 3. The summed E-state index contributed by atoms with van der Waals surface area (Å²) in [6.45, 7) is 7.09. The molecule has 2 aliphatic heterocycles. The van der Waals surface area contributed by atoms with E-state index in [-0.39, 0.29) is 64.9 Å². The molecular formula is C82H102O7. The summed E-state index contributed by atoms with van der Waals surface area (Å²) in [7, 11) is 0. The lowest BCUT2D eigenvalue weighted by Gasteiger charge is -2.71. The summed E-state index contributed by atoms with van der Waals surface area (Å²) in [6, 6.07) is 35.3. The molecule has 89 heavy (non-hydrogen) atoms. The van der Waals surface area contributed by atoms with Crippen LogP contribution in [0.3, 0.4) is 0 Å². The molecule has 3 spiro atoms. The van der Waals surface area contributed by atoms with Crippen LogP contribution in [0.4, 0.5) is 0 Å². The first-order valence-corrected chi connectivity index (χ1v) is 36.5. The quantitative estimate of drug-likeness (QED) is 0.101. The van der Waals surface area contributed by atoms with E-state index < -0.39 is 52.5 Å². The van der Waals surface area contributed by atoms with Crippen molar-refractivity contribution in [3.63, 3.8) is 0 Å². The monoisotopic (exact) mass is 1200 g/mol. The molecule has 16 rings (SSSR count). The topological polar surface area (TPSA) is 113 Å². The summed E-state index contributed by atoms with van der Waals surface area (Å²) < 4.78 is 12.9. The van der Waals surface area contributed by atoms with Crippen molar-refractivity contribution in [2.24, 2.45) is 74.4 Å². The Labute approximate surface area is 531 Å². The molecule has 2 bridgehead atoms. The molecule has 7 nitrogen and oxygen atoms in total. The van der Waals surface area contributed by atoms with Gasteiger partial charge in [-0.15, -0.1) is 0 Å². The van der Waals surface area contributed by atoms with E-state index in [2.05, 4.69) is 124 Å². The van der Waals surface area contributed by atoms with Gasteiger partial charge < -0.3 is 24.8 Å². The molecule has 8 fully saturated rings. The van der Waals surface area contributed by atoms with Crippen molar-refractivity contribution in [2.75, 3.05) is 6.61 Å². The number of ether oxygens (including phenoxy) is 2. The smallest absolute Gasteiger partial charge is 0.331 e. The van der Waals surface area contributed by atoms with E-state index in [1.165, 1.54) is 94.4 Å². The van der Waals surface area contributed by atoms with Crippen molar-refractivity contribution in [2.45, 2.75) is 254 Å². The molecule has 10 aliphatic carbocycles. The van der Waals surface area contributed by atoms with Crippen LogP contribution in [0.15, 0.2) is 103 Å². The highest BCUT2D eigenvalue weighted by molar-refractivity contribution is 5.93. The molecule has 12 aliphatic rings. The molecule has 20 unspecified atom stereocenters. The third-order valence-electron chi connectivity index (χ3n) is 29.4. The largest absolute Gasteiger partial charge is 0.462 e. The van der Waals surface area contributed by atoms with Crippen LogP contribution in [0.25, 0.3) is 10.8 Å². The number of hydrogen-bond acceptors (Lipinski definition) is 7.